The standard InChI is InChI=1S/C12H25NO/c1-4-6-8-9-11-13(3)12(14)10-7-5-2/h4-11H2,1-3H3. The van der Waals surface area contributed by atoms with E-state index in [0.29, 0.717) is 5.91 Å². The smallest absolute Gasteiger partial charge is 0.222 e. The first-order valence-electron chi connectivity index (χ1n) is 5.96. The Kier molecular flexibility index (Phi) is 8.70. The van der Waals surface area contributed by atoms with Gasteiger partial charge in [-0.15, -0.1) is 0 Å². The van der Waals surface area contributed by atoms with Crippen LogP contribution in [0.4, 0.5) is 0 Å². The second-order valence-corrected chi connectivity index (χ2v) is 3.98. The van der Waals surface area contributed by atoms with Gasteiger partial charge in [0, 0.05) is 20.0 Å². The Morgan fingerprint density at radius 2 is 1.64 bits per heavy atom. The van der Waals surface area contributed by atoms with Crippen LogP contribution in [0.25, 0.3) is 0 Å². The van der Waals surface area contributed by atoms with Crippen molar-refractivity contribution in [3.8, 4) is 0 Å². The lowest BCUT2D eigenvalue weighted by Gasteiger charge is -2.16. The summed E-state index contributed by atoms with van der Waals surface area (Å²) in [6.45, 7) is 5.26. The normalized spacial score (nSPS) is 10.2. The van der Waals surface area contributed by atoms with E-state index in [2.05, 4.69) is 13.8 Å². The molecule has 0 aromatic carbocycles. The van der Waals surface area contributed by atoms with Gasteiger partial charge in [0.05, 0.1) is 0 Å². The number of amides is 1. The predicted molar refractivity (Wildman–Crippen MR) is 61.3 cm³/mol. The number of carbonyl (C=O) groups is 1. The molecule has 0 radical (unpaired) electrons. The third kappa shape index (κ3) is 6.93. The minimum atomic E-state index is 0.309. The van der Waals surface area contributed by atoms with E-state index in [1.807, 2.05) is 11.9 Å². The Morgan fingerprint density at radius 3 is 2.21 bits per heavy atom. The van der Waals surface area contributed by atoms with E-state index in [9.17, 15) is 4.79 Å². The van der Waals surface area contributed by atoms with E-state index < -0.39 is 0 Å². The van der Waals surface area contributed by atoms with Gasteiger partial charge in [0.1, 0.15) is 0 Å². The van der Waals surface area contributed by atoms with Gasteiger partial charge >= 0.3 is 0 Å². The zero-order valence-electron chi connectivity index (χ0n) is 10.0. The molecule has 0 aliphatic carbocycles. The summed E-state index contributed by atoms with van der Waals surface area (Å²) in [6.07, 6.45) is 7.81. The van der Waals surface area contributed by atoms with Crippen LogP contribution < -0.4 is 0 Å². The van der Waals surface area contributed by atoms with Crippen LogP contribution in [0.3, 0.4) is 0 Å². The van der Waals surface area contributed by atoms with Crippen LogP contribution in [-0.4, -0.2) is 24.4 Å². The van der Waals surface area contributed by atoms with Crippen molar-refractivity contribution >= 4 is 5.91 Å². The molecule has 0 unspecified atom stereocenters. The van der Waals surface area contributed by atoms with Gasteiger partial charge in [0.25, 0.3) is 0 Å². The van der Waals surface area contributed by atoms with Crippen LogP contribution in [0.5, 0.6) is 0 Å². The molecule has 2 nitrogen and oxygen atoms in total. The summed E-state index contributed by atoms with van der Waals surface area (Å²) in [7, 11) is 1.92. The van der Waals surface area contributed by atoms with Crippen LogP contribution in [0.15, 0.2) is 0 Å². The van der Waals surface area contributed by atoms with Gasteiger partial charge in [-0.05, 0) is 12.8 Å². The van der Waals surface area contributed by atoms with Crippen molar-refractivity contribution in [3.63, 3.8) is 0 Å². The largest absolute Gasteiger partial charge is 0.346 e. The highest BCUT2D eigenvalue weighted by Crippen LogP contribution is 2.03. The highest BCUT2D eigenvalue weighted by Gasteiger charge is 2.06. The molecular formula is C12H25NO. The van der Waals surface area contributed by atoms with Crippen LogP contribution in [0.1, 0.15) is 58.8 Å². The first-order valence-corrected chi connectivity index (χ1v) is 5.96. The molecule has 0 aromatic rings. The molecule has 0 atom stereocenters. The van der Waals surface area contributed by atoms with Crippen molar-refractivity contribution in [1.29, 1.82) is 0 Å². The lowest BCUT2D eigenvalue weighted by Crippen LogP contribution is -2.27. The molecule has 1 amide bonds. The first-order chi connectivity index (χ1) is 6.72. The maximum Gasteiger partial charge on any atom is 0.222 e. The van der Waals surface area contributed by atoms with Crippen LogP contribution in [0, 0.1) is 0 Å². The molecule has 0 fully saturated rings. The fraction of sp³-hybridized carbons (Fsp3) is 0.917. The molecule has 14 heavy (non-hydrogen) atoms. The Bertz CT molecular complexity index is 145. The van der Waals surface area contributed by atoms with E-state index in [1.165, 1.54) is 19.3 Å². The molecule has 0 aliphatic heterocycles. The molecule has 0 spiro atoms. The van der Waals surface area contributed by atoms with E-state index in [1.54, 1.807) is 0 Å². The Morgan fingerprint density at radius 1 is 1.00 bits per heavy atom. The first kappa shape index (κ1) is 13.5. The molecule has 0 N–H and O–H groups in total. The maximum absolute atomic E-state index is 11.5. The van der Waals surface area contributed by atoms with Crippen molar-refractivity contribution < 1.29 is 4.79 Å². The zero-order chi connectivity index (χ0) is 10.8. The Balaban J connectivity index is 3.42. The van der Waals surface area contributed by atoms with Gasteiger partial charge in [-0.25, -0.2) is 0 Å². The Hall–Kier alpha value is -0.530. The number of rotatable bonds is 8. The summed E-state index contributed by atoms with van der Waals surface area (Å²) < 4.78 is 0. The number of unbranched alkanes of at least 4 members (excludes halogenated alkanes) is 4. The summed E-state index contributed by atoms with van der Waals surface area (Å²) in [4.78, 5) is 13.4. The molecule has 0 aromatic heterocycles. The minimum Gasteiger partial charge on any atom is -0.346 e. The van der Waals surface area contributed by atoms with E-state index in [4.69, 9.17) is 0 Å². The number of carbonyl (C=O) groups excluding carboxylic acids is 1. The third-order valence-electron chi connectivity index (χ3n) is 2.52. The summed E-state index contributed by atoms with van der Waals surface area (Å²) in [5, 5.41) is 0. The zero-order valence-corrected chi connectivity index (χ0v) is 10.0. The number of nitrogens with zero attached hydrogens (tertiary/aromatic N) is 1. The molecule has 0 aliphatic rings. The van der Waals surface area contributed by atoms with Crippen molar-refractivity contribution in [2.45, 2.75) is 58.8 Å². The highest BCUT2D eigenvalue weighted by molar-refractivity contribution is 5.75. The topological polar surface area (TPSA) is 20.3 Å². The summed E-state index contributed by atoms with van der Waals surface area (Å²) in [6, 6.07) is 0. The van der Waals surface area contributed by atoms with Gasteiger partial charge < -0.3 is 4.90 Å². The summed E-state index contributed by atoms with van der Waals surface area (Å²) in [5.74, 6) is 0.309. The molecule has 0 heterocycles. The van der Waals surface area contributed by atoms with E-state index >= 15 is 0 Å². The molecule has 0 saturated carbocycles. The van der Waals surface area contributed by atoms with Crippen molar-refractivity contribution in [3.05, 3.63) is 0 Å². The minimum absolute atomic E-state index is 0.309. The highest BCUT2D eigenvalue weighted by atomic mass is 16.2. The van der Waals surface area contributed by atoms with Crippen LogP contribution in [-0.2, 0) is 4.79 Å². The predicted octanol–water partition coefficient (Wildman–Crippen LogP) is 3.22. The Labute approximate surface area is 88.7 Å². The second kappa shape index (κ2) is 9.04. The van der Waals surface area contributed by atoms with Crippen LogP contribution in [0.2, 0.25) is 0 Å². The van der Waals surface area contributed by atoms with E-state index in [-0.39, 0.29) is 0 Å². The van der Waals surface area contributed by atoms with Gasteiger partial charge in [-0.1, -0.05) is 39.5 Å². The van der Waals surface area contributed by atoms with Gasteiger partial charge in [-0.2, -0.15) is 0 Å². The number of hydrogen-bond acceptors (Lipinski definition) is 1. The van der Waals surface area contributed by atoms with Crippen molar-refractivity contribution in [1.82, 2.24) is 4.90 Å². The molecule has 0 saturated heterocycles. The van der Waals surface area contributed by atoms with Crippen LogP contribution >= 0.6 is 0 Å². The monoisotopic (exact) mass is 199 g/mol. The van der Waals surface area contributed by atoms with E-state index in [0.717, 1.165) is 32.2 Å². The average molecular weight is 199 g/mol. The summed E-state index contributed by atoms with van der Waals surface area (Å²) >= 11 is 0. The average Bonchev–Trinajstić information content (AvgIpc) is 2.20. The summed E-state index contributed by atoms with van der Waals surface area (Å²) in [5.41, 5.74) is 0. The van der Waals surface area contributed by atoms with Gasteiger partial charge in [0.15, 0.2) is 0 Å². The fourth-order valence-corrected chi connectivity index (χ4v) is 1.42. The molecule has 2 heteroatoms. The fourth-order valence-electron chi connectivity index (χ4n) is 1.42. The second-order valence-electron chi connectivity index (χ2n) is 3.98. The quantitative estimate of drug-likeness (QED) is 0.550. The van der Waals surface area contributed by atoms with Gasteiger partial charge in [0.2, 0.25) is 5.91 Å². The molecule has 0 rings (SSSR count). The molecule has 0 bridgehead atoms. The lowest BCUT2D eigenvalue weighted by atomic mass is 10.2. The lowest BCUT2D eigenvalue weighted by molar-refractivity contribution is -0.130. The van der Waals surface area contributed by atoms with Crippen molar-refractivity contribution in [2.75, 3.05) is 13.6 Å². The molecule has 84 valence electrons. The molecular weight excluding hydrogens is 174 g/mol. The number of hydrogen-bond donors (Lipinski definition) is 0. The van der Waals surface area contributed by atoms with Crippen molar-refractivity contribution in [2.24, 2.45) is 0 Å². The van der Waals surface area contributed by atoms with Gasteiger partial charge in [-0.3, -0.25) is 4.79 Å². The maximum atomic E-state index is 11.5. The third-order valence-corrected chi connectivity index (χ3v) is 2.52. The SMILES string of the molecule is CCCCCCN(C)C(=O)CCCC.